The molecule has 0 bridgehead atoms. The molecule has 3 aromatic rings. The molecule has 0 atom stereocenters. The molecule has 138 valence electrons. The molecule has 0 saturated heterocycles. The zero-order valence-electron chi connectivity index (χ0n) is 14.8. The monoisotopic (exact) mass is 366 g/mol. The van der Waals surface area contributed by atoms with E-state index in [-0.39, 0.29) is 11.3 Å². The van der Waals surface area contributed by atoms with Crippen molar-refractivity contribution >= 4 is 5.82 Å². The molecular weight excluding hydrogens is 346 g/mol. The Kier molecular flexibility index (Phi) is 4.75. The van der Waals surface area contributed by atoms with E-state index in [1.54, 1.807) is 42.5 Å². The first-order chi connectivity index (χ1) is 13.1. The van der Waals surface area contributed by atoms with Crippen LogP contribution in [-0.4, -0.2) is 16.1 Å². The molecule has 0 spiro atoms. The Morgan fingerprint density at radius 1 is 0.926 bits per heavy atom. The summed E-state index contributed by atoms with van der Waals surface area (Å²) in [5.41, 5.74) is 1.74. The van der Waals surface area contributed by atoms with Crippen LogP contribution in [0.5, 0.6) is 5.75 Å². The maximum Gasteiger partial charge on any atom is 0.166 e. The van der Waals surface area contributed by atoms with E-state index < -0.39 is 11.6 Å². The zero-order valence-corrected chi connectivity index (χ0v) is 14.8. The summed E-state index contributed by atoms with van der Waals surface area (Å²) in [6.07, 6.45) is 4.46. The lowest BCUT2D eigenvalue weighted by molar-refractivity contribution is 0.477. The Morgan fingerprint density at radius 3 is 2.44 bits per heavy atom. The predicted octanol–water partition coefficient (Wildman–Crippen LogP) is 5.75. The van der Waals surface area contributed by atoms with E-state index in [1.165, 1.54) is 18.9 Å². The van der Waals surface area contributed by atoms with Gasteiger partial charge < -0.3 is 10.4 Å². The number of nitrogens with one attached hydrogen (secondary N) is 1. The van der Waals surface area contributed by atoms with Crippen LogP contribution in [0.3, 0.4) is 0 Å². The zero-order chi connectivity index (χ0) is 18.8. The van der Waals surface area contributed by atoms with Crippen LogP contribution in [0, 0.1) is 11.6 Å². The van der Waals surface area contributed by atoms with Gasteiger partial charge >= 0.3 is 0 Å². The van der Waals surface area contributed by atoms with Crippen molar-refractivity contribution in [3.63, 3.8) is 0 Å². The summed E-state index contributed by atoms with van der Waals surface area (Å²) in [6, 6.07) is 14.7. The van der Waals surface area contributed by atoms with Crippen LogP contribution in [0.25, 0.3) is 22.4 Å². The number of phenolic OH excluding ortho intramolecular Hbond substituents is 1. The molecule has 0 radical (unpaired) electrons. The summed E-state index contributed by atoms with van der Waals surface area (Å²) in [4.78, 5) is 4.62. The Bertz CT molecular complexity index is 968. The van der Waals surface area contributed by atoms with Crippen molar-refractivity contribution in [2.75, 3.05) is 5.32 Å². The standard InChI is InChI=1S/C22H20F2N2O/c23-18-10-5-9-16(22(18)24)14-12-19(17-8-3-4-11-20(17)27)26-21(13-14)25-15-6-1-2-7-15/h3-5,8-13,15,27H,1-2,6-7H2,(H,25,26). The second-order valence-electron chi connectivity index (χ2n) is 6.87. The molecule has 1 aliphatic carbocycles. The highest BCUT2D eigenvalue weighted by Gasteiger charge is 2.18. The normalized spacial score (nSPS) is 14.4. The molecule has 4 rings (SSSR count). The molecular formula is C22H20F2N2O. The molecule has 5 heteroatoms. The van der Waals surface area contributed by atoms with Crippen molar-refractivity contribution < 1.29 is 13.9 Å². The highest BCUT2D eigenvalue weighted by Crippen LogP contribution is 2.34. The highest BCUT2D eigenvalue weighted by atomic mass is 19.2. The molecule has 2 N–H and O–H groups in total. The van der Waals surface area contributed by atoms with Crippen molar-refractivity contribution in [2.24, 2.45) is 0 Å². The third-order valence-electron chi connectivity index (χ3n) is 4.98. The number of para-hydroxylation sites is 1. The molecule has 27 heavy (non-hydrogen) atoms. The maximum atomic E-state index is 14.4. The second kappa shape index (κ2) is 7.35. The molecule has 1 aliphatic rings. The lowest BCUT2D eigenvalue weighted by atomic mass is 10.0. The van der Waals surface area contributed by atoms with E-state index in [4.69, 9.17) is 0 Å². The summed E-state index contributed by atoms with van der Waals surface area (Å²) in [5, 5.41) is 13.6. The fraction of sp³-hybridized carbons (Fsp3) is 0.227. The number of rotatable bonds is 4. The first-order valence-electron chi connectivity index (χ1n) is 9.13. The van der Waals surface area contributed by atoms with Gasteiger partial charge in [-0.1, -0.05) is 37.1 Å². The lowest BCUT2D eigenvalue weighted by Gasteiger charge is -2.16. The fourth-order valence-electron chi connectivity index (χ4n) is 3.59. The first-order valence-corrected chi connectivity index (χ1v) is 9.13. The number of aromatic nitrogens is 1. The van der Waals surface area contributed by atoms with E-state index in [0.29, 0.717) is 28.7 Å². The van der Waals surface area contributed by atoms with E-state index in [1.807, 2.05) is 0 Å². The number of hydrogen-bond acceptors (Lipinski definition) is 3. The number of aromatic hydroxyl groups is 1. The van der Waals surface area contributed by atoms with Gasteiger partial charge in [-0.2, -0.15) is 0 Å². The van der Waals surface area contributed by atoms with Gasteiger partial charge in [-0.15, -0.1) is 0 Å². The largest absolute Gasteiger partial charge is 0.507 e. The molecule has 2 aromatic carbocycles. The van der Waals surface area contributed by atoms with Gasteiger partial charge in [0.2, 0.25) is 0 Å². The van der Waals surface area contributed by atoms with Crippen LogP contribution < -0.4 is 5.32 Å². The van der Waals surface area contributed by atoms with Gasteiger partial charge in [-0.05, 0) is 48.7 Å². The molecule has 3 nitrogen and oxygen atoms in total. The van der Waals surface area contributed by atoms with Gasteiger partial charge in [0, 0.05) is 17.2 Å². The van der Waals surface area contributed by atoms with Crippen molar-refractivity contribution in [1.29, 1.82) is 0 Å². The molecule has 0 aliphatic heterocycles. The maximum absolute atomic E-state index is 14.4. The molecule has 1 heterocycles. The number of pyridine rings is 1. The number of phenols is 1. The van der Waals surface area contributed by atoms with Gasteiger partial charge in [0.1, 0.15) is 11.6 Å². The summed E-state index contributed by atoms with van der Waals surface area (Å²) in [6.45, 7) is 0. The smallest absolute Gasteiger partial charge is 0.166 e. The van der Waals surface area contributed by atoms with Crippen molar-refractivity contribution in [3.05, 3.63) is 66.2 Å². The molecule has 1 aromatic heterocycles. The van der Waals surface area contributed by atoms with Crippen LogP contribution in [0.4, 0.5) is 14.6 Å². The van der Waals surface area contributed by atoms with Gasteiger partial charge in [0.25, 0.3) is 0 Å². The van der Waals surface area contributed by atoms with Gasteiger partial charge in [-0.3, -0.25) is 0 Å². The molecule has 0 unspecified atom stereocenters. The minimum atomic E-state index is -0.890. The molecule has 0 amide bonds. The van der Waals surface area contributed by atoms with Crippen LogP contribution in [-0.2, 0) is 0 Å². The number of nitrogens with zero attached hydrogens (tertiary/aromatic N) is 1. The Hall–Kier alpha value is -2.95. The van der Waals surface area contributed by atoms with Gasteiger partial charge in [-0.25, -0.2) is 13.8 Å². The third kappa shape index (κ3) is 3.63. The minimum absolute atomic E-state index is 0.0914. The van der Waals surface area contributed by atoms with E-state index in [0.717, 1.165) is 18.9 Å². The molecule has 1 saturated carbocycles. The number of halogens is 2. The average Bonchev–Trinajstić information content (AvgIpc) is 3.17. The lowest BCUT2D eigenvalue weighted by Crippen LogP contribution is -2.15. The van der Waals surface area contributed by atoms with E-state index in [9.17, 15) is 13.9 Å². The van der Waals surface area contributed by atoms with E-state index in [2.05, 4.69) is 10.3 Å². The average molecular weight is 366 g/mol. The summed E-state index contributed by atoms with van der Waals surface area (Å²) in [5.74, 6) is -1.09. The third-order valence-corrected chi connectivity index (χ3v) is 4.98. The Morgan fingerprint density at radius 2 is 1.67 bits per heavy atom. The molecule has 1 fully saturated rings. The van der Waals surface area contributed by atoms with Crippen molar-refractivity contribution in [2.45, 2.75) is 31.7 Å². The van der Waals surface area contributed by atoms with Crippen LogP contribution in [0.1, 0.15) is 25.7 Å². The highest BCUT2D eigenvalue weighted by molar-refractivity contribution is 5.76. The predicted molar refractivity (Wildman–Crippen MR) is 103 cm³/mol. The topological polar surface area (TPSA) is 45.1 Å². The van der Waals surface area contributed by atoms with E-state index >= 15 is 0 Å². The number of anilines is 1. The summed E-state index contributed by atoms with van der Waals surface area (Å²) in [7, 11) is 0. The second-order valence-corrected chi connectivity index (χ2v) is 6.87. The number of hydrogen-bond donors (Lipinski definition) is 2. The Balaban J connectivity index is 1.83. The van der Waals surface area contributed by atoms with Crippen LogP contribution in [0.15, 0.2) is 54.6 Å². The number of benzene rings is 2. The first kappa shape index (κ1) is 17.5. The van der Waals surface area contributed by atoms with Gasteiger partial charge in [0.05, 0.1) is 5.69 Å². The summed E-state index contributed by atoms with van der Waals surface area (Å²) < 4.78 is 28.1. The van der Waals surface area contributed by atoms with Crippen LogP contribution >= 0.6 is 0 Å². The fourth-order valence-corrected chi connectivity index (χ4v) is 3.59. The van der Waals surface area contributed by atoms with Crippen LogP contribution in [0.2, 0.25) is 0 Å². The minimum Gasteiger partial charge on any atom is -0.507 e. The Labute approximate surface area is 156 Å². The SMILES string of the molecule is Oc1ccccc1-c1cc(-c2cccc(F)c2F)cc(NC2CCCC2)n1. The van der Waals surface area contributed by atoms with Gasteiger partial charge in [0.15, 0.2) is 11.6 Å². The van der Waals surface area contributed by atoms with Crippen molar-refractivity contribution in [1.82, 2.24) is 4.98 Å². The summed E-state index contributed by atoms with van der Waals surface area (Å²) >= 11 is 0. The quantitative estimate of drug-likeness (QED) is 0.618. The van der Waals surface area contributed by atoms with Crippen molar-refractivity contribution in [3.8, 4) is 28.1 Å².